The number of carbonyl (C=O) groups excluding carboxylic acids is 2. The molecule has 0 spiro atoms. The molecule has 4 heteroatoms. The molecule has 4 nitrogen and oxygen atoms in total. The van der Waals surface area contributed by atoms with Gasteiger partial charge in [-0.25, -0.2) is 0 Å². The average molecular weight is 172 g/mol. The zero-order valence-corrected chi connectivity index (χ0v) is 7.59. The van der Waals surface area contributed by atoms with E-state index in [4.69, 9.17) is 0 Å². The molecule has 0 saturated heterocycles. The van der Waals surface area contributed by atoms with Crippen LogP contribution in [0.4, 0.5) is 0 Å². The summed E-state index contributed by atoms with van der Waals surface area (Å²) in [7, 11) is 0. The number of rotatable bonds is 6. The van der Waals surface area contributed by atoms with Gasteiger partial charge >= 0.3 is 0 Å². The summed E-state index contributed by atoms with van der Waals surface area (Å²) < 4.78 is 0. The van der Waals surface area contributed by atoms with E-state index in [1.807, 2.05) is 13.8 Å². The van der Waals surface area contributed by atoms with E-state index in [1.165, 1.54) is 0 Å². The van der Waals surface area contributed by atoms with Crippen LogP contribution in [0, 0.1) is 5.92 Å². The summed E-state index contributed by atoms with van der Waals surface area (Å²) in [5, 5.41) is 5.17. The molecule has 0 aliphatic heterocycles. The van der Waals surface area contributed by atoms with Gasteiger partial charge in [-0.15, -0.1) is 0 Å². The molecular formula is C8H16N2O2. The van der Waals surface area contributed by atoms with Gasteiger partial charge < -0.3 is 10.6 Å². The minimum absolute atomic E-state index is 0.0157. The van der Waals surface area contributed by atoms with Gasteiger partial charge in [0.15, 0.2) is 0 Å². The predicted octanol–water partition coefficient (Wildman–Crippen LogP) is -0.105. The molecule has 2 N–H and O–H groups in total. The van der Waals surface area contributed by atoms with Gasteiger partial charge in [-0.3, -0.25) is 9.59 Å². The monoisotopic (exact) mass is 172 g/mol. The topological polar surface area (TPSA) is 58.2 Å². The third kappa shape index (κ3) is 7.05. The first-order valence-electron chi connectivity index (χ1n) is 4.10. The van der Waals surface area contributed by atoms with Crippen LogP contribution in [0.3, 0.4) is 0 Å². The van der Waals surface area contributed by atoms with Crippen molar-refractivity contribution in [2.45, 2.75) is 20.3 Å². The van der Waals surface area contributed by atoms with E-state index in [9.17, 15) is 9.59 Å². The molecule has 2 amide bonds. The number of amides is 2. The second-order valence-corrected chi connectivity index (χ2v) is 3.02. The zero-order chi connectivity index (χ0) is 9.40. The Balaban J connectivity index is 3.27. The van der Waals surface area contributed by atoms with Gasteiger partial charge in [0.1, 0.15) is 0 Å². The predicted molar refractivity (Wildman–Crippen MR) is 46.5 cm³/mol. The van der Waals surface area contributed by atoms with Gasteiger partial charge in [-0.05, 0) is 5.92 Å². The van der Waals surface area contributed by atoms with Crippen molar-refractivity contribution >= 4 is 12.3 Å². The molecular weight excluding hydrogens is 156 g/mol. The summed E-state index contributed by atoms with van der Waals surface area (Å²) in [6.45, 7) is 5.17. The first-order valence-corrected chi connectivity index (χ1v) is 4.10. The molecule has 0 unspecified atom stereocenters. The van der Waals surface area contributed by atoms with Crippen molar-refractivity contribution in [2.24, 2.45) is 5.92 Å². The van der Waals surface area contributed by atoms with Crippen molar-refractivity contribution in [3.63, 3.8) is 0 Å². The maximum atomic E-state index is 11.0. The van der Waals surface area contributed by atoms with E-state index in [0.29, 0.717) is 31.8 Å². The smallest absolute Gasteiger partial charge is 0.221 e. The molecule has 0 aromatic heterocycles. The summed E-state index contributed by atoms with van der Waals surface area (Å²) in [5.74, 6) is 0.450. The molecule has 70 valence electrons. The van der Waals surface area contributed by atoms with Crippen molar-refractivity contribution in [3.05, 3.63) is 0 Å². The maximum Gasteiger partial charge on any atom is 0.221 e. The second-order valence-electron chi connectivity index (χ2n) is 3.02. The Kier molecular flexibility index (Phi) is 6.05. The average Bonchev–Trinajstić information content (AvgIpc) is 2.01. The van der Waals surface area contributed by atoms with Gasteiger partial charge in [-0.2, -0.15) is 0 Å². The van der Waals surface area contributed by atoms with Gasteiger partial charge in [0.25, 0.3) is 0 Å². The molecule has 0 aliphatic rings. The summed E-state index contributed by atoms with van der Waals surface area (Å²) >= 11 is 0. The van der Waals surface area contributed by atoms with Crippen LogP contribution in [0.1, 0.15) is 20.3 Å². The van der Waals surface area contributed by atoms with Gasteiger partial charge in [-0.1, -0.05) is 13.8 Å². The molecule has 0 aromatic rings. The maximum absolute atomic E-state index is 11.0. The molecule has 0 atom stereocenters. The standard InChI is InChI=1S/C8H16N2O2/c1-7(2)5-10-8(12)3-4-9-6-11/h6-7H,3-5H2,1-2H3,(H,9,11)(H,10,12). The lowest BCUT2D eigenvalue weighted by Gasteiger charge is -2.06. The Labute approximate surface area is 72.7 Å². The Morgan fingerprint density at radius 1 is 1.50 bits per heavy atom. The molecule has 0 heterocycles. The normalized spacial score (nSPS) is 9.58. The van der Waals surface area contributed by atoms with Crippen molar-refractivity contribution in [3.8, 4) is 0 Å². The van der Waals surface area contributed by atoms with E-state index in [-0.39, 0.29) is 5.91 Å². The summed E-state index contributed by atoms with van der Waals surface area (Å²) in [6, 6.07) is 0. The highest BCUT2D eigenvalue weighted by Crippen LogP contribution is 1.87. The second kappa shape index (κ2) is 6.64. The lowest BCUT2D eigenvalue weighted by atomic mass is 10.2. The third-order valence-electron chi connectivity index (χ3n) is 1.29. The number of hydrogen-bond donors (Lipinski definition) is 2. The fourth-order valence-electron chi connectivity index (χ4n) is 0.651. The highest BCUT2D eigenvalue weighted by atomic mass is 16.1. The zero-order valence-electron chi connectivity index (χ0n) is 7.59. The number of carbonyl (C=O) groups is 2. The van der Waals surface area contributed by atoms with E-state index >= 15 is 0 Å². The van der Waals surface area contributed by atoms with Crippen LogP contribution in [0.5, 0.6) is 0 Å². The van der Waals surface area contributed by atoms with Crippen LogP contribution in [-0.4, -0.2) is 25.4 Å². The Hall–Kier alpha value is -1.06. The van der Waals surface area contributed by atoms with Gasteiger partial charge in [0, 0.05) is 19.5 Å². The molecule has 0 saturated carbocycles. The fourth-order valence-corrected chi connectivity index (χ4v) is 0.651. The molecule has 0 bridgehead atoms. The summed E-state index contributed by atoms with van der Waals surface area (Å²) in [5.41, 5.74) is 0. The fraction of sp³-hybridized carbons (Fsp3) is 0.750. The van der Waals surface area contributed by atoms with E-state index in [1.54, 1.807) is 0 Å². The van der Waals surface area contributed by atoms with E-state index < -0.39 is 0 Å². The largest absolute Gasteiger partial charge is 0.358 e. The van der Waals surface area contributed by atoms with E-state index in [2.05, 4.69) is 10.6 Å². The molecule has 0 fully saturated rings. The Morgan fingerprint density at radius 2 is 2.17 bits per heavy atom. The van der Waals surface area contributed by atoms with Crippen molar-refractivity contribution < 1.29 is 9.59 Å². The quantitative estimate of drug-likeness (QED) is 0.434. The minimum atomic E-state index is -0.0157. The van der Waals surface area contributed by atoms with E-state index in [0.717, 1.165) is 0 Å². The Bertz CT molecular complexity index is 146. The summed E-state index contributed by atoms with van der Waals surface area (Å²) in [6.07, 6.45) is 0.946. The molecule has 0 aromatic carbocycles. The summed E-state index contributed by atoms with van der Waals surface area (Å²) in [4.78, 5) is 20.8. The third-order valence-corrected chi connectivity index (χ3v) is 1.29. The van der Waals surface area contributed by atoms with Crippen molar-refractivity contribution in [1.82, 2.24) is 10.6 Å². The first-order chi connectivity index (χ1) is 5.66. The van der Waals surface area contributed by atoms with Crippen LogP contribution in [-0.2, 0) is 9.59 Å². The molecule has 0 rings (SSSR count). The number of hydrogen-bond acceptors (Lipinski definition) is 2. The minimum Gasteiger partial charge on any atom is -0.358 e. The van der Waals surface area contributed by atoms with Gasteiger partial charge in [0.05, 0.1) is 0 Å². The highest BCUT2D eigenvalue weighted by molar-refractivity contribution is 5.76. The Morgan fingerprint density at radius 3 is 2.67 bits per heavy atom. The molecule has 12 heavy (non-hydrogen) atoms. The van der Waals surface area contributed by atoms with Gasteiger partial charge in [0.2, 0.25) is 12.3 Å². The molecule has 0 aliphatic carbocycles. The van der Waals surface area contributed by atoms with Crippen LogP contribution in [0.25, 0.3) is 0 Å². The van der Waals surface area contributed by atoms with Crippen LogP contribution < -0.4 is 10.6 Å². The van der Waals surface area contributed by atoms with Crippen LogP contribution in [0.15, 0.2) is 0 Å². The lowest BCUT2D eigenvalue weighted by molar-refractivity contribution is -0.121. The lowest BCUT2D eigenvalue weighted by Crippen LogP contribution is -2.29. The van der Waals surface area contributed by atoms with Crippen molar-refractivity contribution in [2.75, 3.05) is 13.1 Å². The SMILES string of the molecule is CC(C)CNC(=O)CCNC=O. The highest BCUT2D eigenvalue weighted by Gasteiger charge is 2.00. The van der Waals surface area contributed by atoms with Crippen LogP contribution >= 0.6 is 0 Å². The molecule has 0 radical (unpaired) electrons. The number of nitrogens with one attached hydrogen (secondary N) is 2. The first kappa shape index (κ1) is 10.9. The van der Waals surface area contributed by atoms with Crippen LogP contribution in [0.2, 0.25) is 0 Å². The van der Waals surface area contributed by atoms with Crippen molar-refractivity contribution in [1.29, 1.82) is 0 Å².